The first kappa shape index (κ1) is 16.4. The molecule has 0 aliphatic carbocycles. The molecule has 4 rings (SSSR count). The van der Waals surface area contributed by atoms with Gasteiger partial charge in [-0.3, -0.25) is 9.59 Å². The first-order valence-electron chi connectivity index (χ1n) is 8.39. The third-order valence-electron chi connectivity index (χ3n) is 4.59. The van der Waals surface area contributed by atoms with Crippen LogP contribution in [0, 0.1) is 12.7 Å². The first-order valence-corrected chi connectivity index (χ1v) is 8.39. The molecule has 0 unspecified atom stereocenters. The standard InChI is InChI=1S/C17H17FN6O2/c1-10-19-15-14(16(25)20-10)21-22-24(15)9-13-6-3-7-23(13)17(26)11-4-2-5-12(18)8-11/h2,4-5,8,13H,3,6-7,9H2,1H3,(H,19,20,25)/t13-/m1/s1. The molecule has 0 bridgehead atoms. The molecule has 1 fully saturated rings. The van der Waals surface area contributed by atoms with Crippen LogP contribution < -0.4 is 5.56 Å². The Bertz CT molecular complexity index is 1040. The van der Waals surface area contributed by atoms with E-state index in [1.807, 2.05) is 0 Å². The topological polar surface area (TPSA) is 96.8 Å². The Morgan fingerprint density at radius 2 is 2.27 bits per heavy atom. The summed E-state index contributed by atoms with van der Waals surface area (Å²) in [6.07, 6.45) is 1.65. The molecule has 1 N–H and O–H groups in total. The van der Waals surface area contributed by atoms with Crippen molar-refractivity contribution in [1.82, 2.24) is 29.9 Å². The quantitative estimate of drug-likeness (QED) is 0.762. The van der Waals surface area contributed by atoms with Crippen LogP contribution in [0.15, 0.2) is 29.1 Å². The van der Waals surface area contributed by atoms with Gasteiger partial charge in [-0.2, -0.15) is 0 Å². The zero-order chi connectivity index (χ0) is 18.3. The van der Waals surface area contributed by atoms with Gasteiger partial charge >= 0.3 is 0 Å². The maximum atomic E-state index is 13.4. The first-order chi connectivity index (χ1) is 12.5. The molecule has 0 saturated carbocycles. The molecule has 1 saturated heterocycles. The van der Waals surface area contributed by atoms with E-state index in [2.05, 4.69) is 20.3 Å². The van der Waals surface area contributed by atoms with Crippen molar-refractivity contribution in [3.8, 4) is 0 Å². The molecule has 1 aliphatic rings. The van der Waals surface area contributed by atoms with Crippen molar-refractivity contribution in [2.24, 2.45) is 0 Å². The predicted molar refractivity (Wildman–Crippen MR) is 91.1 cm³/mol. The zero-order valence-electron chi connectivity index (χ0n) is 14.1. The summed E-state index contributed by atoms with van der Waals surface area (Å²) in [4.78, 5) is 33.3. The predicted octanol–water partition coefficient (Wildman–Crippen LogP) is 1.27. The van der Waals surface area contributed by atoms with Crippen LogP contribution >= 0.6 is 0 Å². The third-order valence-corrected chi connectivity index (χ3v) is 4.59. The van der Waals surface area contributed by atoms with Crippen LogP contribution in [0.2, 0.25) is 0 Å². The summed E-state index contributed by atoms with van der Waals surface area (Å²) in [6, 6.07) is 5.57. The molecule has 2 aromatic heterocycles. The largest absolute Gasteiger partial charge is 0.334 e. The van der Waals surface area contributed by atoms with Gasteiger partial charge in [-0.15, -0.1) is 5.10 Å². The second kappa shape index (κ2) is 6.32. The molecule has 0 spiro atoms. The Morgan fingerprint density at radius 1 is 1.42 bits per heavy atom. The molecule has 134 valence electrons. The minimum Gasteiger partial charge on any atom is -0.334 e. The van der Waals surface area contributed by atoms with Crippen molar-refractivity contribution in [2.75, 3.05) is 6.54 Å². The number of nitrogens with zero attached hydrogens (tertiary/aromatic N) is 5. The number of halogens is 1. The Hall–Kier alpha value is -3.10. The van der Waals surface area contributed by atoms with Crippen molar-refractivity contribution in [3.05, 3.63) is 51.8 Å². The average Bonchev–Trinajstić information content (AvgIpc) is 3.22. The number of H-pyrrole nitrogens is 1. The summed E-state index contributed by atoms with van der Waals surface area (Å²) >= 11 is 0. The minimum atomic E-state index is -0.437. The molecule has 1 atom stereocenters. The van der Waals surface area contributed by atoms with Crippen molar-refractivity contribution in [3.63, 3.8) is 0 Å². The number of aromatic amines is 1. The Kier molecular flexibility index (Phi) is 3.98. The van der Waals surface area contributed by atoms with Gasteiger partial charge in [-0.25, -0.2) is 14.1 Å². The number of carbonyl (C=O) groups is 1. The van der Waals surface area contributed by atoms with Crippen LogP contribution in [0.25, 0.3) is 11.2 Å². The molecule has 1 amide bonds. The molecular weight excluding hydrogens is 339 g/mol. The SMILES string of the molecule is Cc1nc2c(nnn2C[C@H]2CCCN2C(=O)c2cccc(F)c2)c(=O)[nH]1. The normalized spacial score (nSPS) is 17.2. The van der Waals surface area contributed by atoms with Crippen molar-refractivity contribution < 1.29 is 9.18 Å². The van der Waals surface area contributed by atoms with E-state index < -0.39 is 5.82 Å². The molecule has 8 nitrogen and oxygen atoms in total. The van der Waals surface area contributed by atoms with Gasteiger partial charge in [0.05, 0.1) is 12.6 Å². The highest BCUT2D eigenvalue weighted by molar-refractivity contribution is 5.94. The van der Waals surface area contributed by atoms with Gasteiger partial charge in [0.25, 0.3) is 11.5 Å². The number of aryl methyl sites for hydroxylation is 1. The summed E-state index contributed by atoms with van der Waals surface area (Å²) in [6.45, 7) is 2.67. The van der Waals surface area contributed by atoms with E-state index in [4.69, 9.17) is 0 Å². The van der Waals surface area contributed by atoms with E-state index in [0.29, 0.717) is 30.1 Å². The summed E-state index contributed by atoms with van der Waals surface area (Å²) in [5, 5.41) is 7.92. The number of amides is 1. The molecule has 0 radical (unpaired) electrons. The highest BCUT2D eigenvalue weighted by Crippen LogP contribution is 2.22. The second-order valence-corrected chi connectivity index (χ2v) is 6.40. The Morgan fingerprint density at radius 3 is 3.08 bits per heavy atom. The lowest BCUT2D eigenvalue weighted by Gasteiger charge is -2.24. The van der Waals surface area contributed by atoms with E-state index in [-0.39, 0.29) is 23.0 Å². The van der Waals surface area contributed by atoms with E-state index in [1.165, 1.54) is 18.2 Å². The number of hydrogen-bond donors (Lipinski definition) is 1. The van der Waals surface area contributed by atoms with Crippen molar-refractivity contribution in [2.45, 2.75) is 32.4 Å². The summed E-state index contributed by atoms with van der Waals surface area (Å²) in [5.41, 5.74) is 0.566. The molecule has 3 heterocycles. The van der Waals surface area contributed by atoms with Crippen molar-refractivity contribution in [1.29, 1.82) is 0 Å². The lowest BCUT2D eigenvalue weighted by molar-refractivity contribution is 0.0721. The highest BCUT2D eigenvalue weighted by atomic mass is 19.1. The van der Waals surface area contributed by atoms with Gasteiger partial charge in [-0.1, -0.05) is 11.3 Å². The second-order valence-electron chi connectivity index (χ2n) is 6.40. The number of fused-ring (bicyclic) bond motifs is 1. The fourth-order valence-corrected chi connectivity index (χ4v) is 3.38. The third kappa shape index (κ3) is 2.85. The van der Waals surface area contributed by atoms with Crippen LogP contribution in [-0.4, -0.2) is 48.4 Å². The number of hydrogen-bond acceptors (Lipinski definition) is 5. The maximum Gasteiger partial charge on any atom is 0.281 e. The number of aromatic nitrogens is 5. The average molecular weight is 356 g/mol. The Balaban J connectivity index is 1.62. The monoisotopic (exact) mass is 356 g/mol. The fraction of sp³-hybridized carbons (Fsp3) is 0.353. The van der Waals surface area contributed by atoms with E-state index in [9.17, 15) is 14.0 Å². The number of nitrogens with one attached hydrogen (secondary N) is 1. The fourth-order valence-electron chi connectivity index (χ4n) is 3.38. The van der Waals surface area contributed by atoms with Crippen LogP contribution in [0.3, 0.4) is 0 Å². The molecule has 1 aromatic carbocycles. The highest BCUT2D eigenvalue weighted by Gasteiger charge is 2.30. The summed E-state index contributed by atoms with van der Waals surface area (Å²) in [5.74, 6) is -0.170. The molecule has 26 heavy (non-hydrogen) atoms. The number of carbonyl (C=O) groups excluding carboxylic acids is 1. The number of likely N-dealkylation sites (tertiary alicyclic amines) is 1. The van der Waals surface area contributed by atoms with E-state index in [0.717, 1.165) is 12.8 Å². The smallest absolute Gasteiger partial charge is 0.281 e. The molecule has 9 heteroatoms. The number of benzene rings is 1. The van der Waals surface area contributed by atoms with Crippen LogP contribution in [0.1, 0.15) is 29.0 Å². The molecule has 3 aromatic rings. The lowest BCUT2D eigenvalue weighted by Crippen LogP contribution is -2.38. The lowest BCUT2D eigenvalue weighted by atomic mass is 10.1. The Labute approximate surface area is 147 Å². The van der Waals surface area contributed by atoms with Gasteiger partial charge in [0, 0.05) is 12.1 Å². The van der Waals surface area contributed by atoms with Crippen LogP contribution in [-0.2, 0) is 6.54 Å². The molecular formula is C17H17FN6O2. The summed E-state index contributed by atoms with van der Waals surface area (Å²) in [7, 11) is 0. The minimum absolute atomic E-state index is 0.114. The maximum absolute atomic E-state index is 13.4. The van der Waals surface area contributed by atoms with Crippen LogP contribution in [0.5, 0.6) is 0 Å². The summed E-state index contributed by atoms with van der Waals surface area (Å²) < 4.78 is 15.0. The zero-order valence-corrected chi connectivity index (χ0v) is 14.1. The van der Waals surface area contributed by atoms with Gasteiger partial charge in [0.1, 0.15) is 11.6 Å². The van der Waals surface area contributed by atoms with Gasteiger partial charge < -0.3 is 9.88 Å². The van der Waals surface area contributed by atoms with E-state index in [1.54, 1.807) is 22.6 Å². The van der Waals surface area contributed by atoms with Crippen LogP contribution in [0.4, 0.5) is 4.39 Å². The van der Waals surface area contributed by atoms with Gasteiger partial charge in [0.2, 0.25) is 0 Å². The van der Waals surface area contributed by atoms with E-state index >= 15 is 0 Å². The van der Waals surface area contributed by atoms with Gasteiger partial charge in [-0.05, 0) is 38.0 Å². The number of rotatable bonds is 3. The molecule has 1 aliphatic heterocycles. The van der Waals surface area contributed by atoms with Gasteiger partial charge in [0.15, 0.2) is 11.2 Å². The van der Waals surface area contributed by atoms with Crippen molar-refractivity contribution >= 4 is 17.1 Å².